The number of rotatable bonds is 12. The topological polar surface area (TPSA) is 124 Å². The summed E-state index contributed by atoms with van der Waals surface area (Å²) in [6.45, 7) is 2.20. The minimum atomic E-state index is -0.372. The van der Waals surface area contributed by atoms with E-state index >= 15 is 0 Å². The highest BCUT2D eigenvalue weighted by Gasteiger charge is 2.28. The molecule has 0 spiro atoms. The largest absolute Gasteiger partial charge is 0.484 e. The molecule has 1 fully saturated rings. The van der Waals surface area contributed by atoms with Crippen molar-refractivity contribution < 1.29 is 23.9 Å². The Balaban J connectivity index is 1.24. The lowest BCUT2D eigenvalue weighted by Gasteiger charge is -2.25. The zero-order chi connectivity index (χ0) is 30.0. The van der Waals surface area contributed by atoms with Gasteiger partial charge in [-0.25, -0.2) is 4.79 Å². The number of amides is 2. The number of nitrogens with one attached hydrogen (secondary N) is 2. The van der Waals surface area contributed by atoms with Crippen LogP contribution in [-0.2, 0) is 33.7 Å². The van der Waals surface area contributed by atoms with E-state index in [4.69, 9.17) is 9.47 Å². The maximum atomic E-state index is 13.2. The molecule has 3 aromatic rings. The van der Waals surface area contributed by atoms with Gasteiger partial charge < -0.3 is 24.7 Å². The van der Waals surface area contributed by atoms with Crippen LogP contribution in [0.3, 0.4) is 0 Å². The Morgan fingerprint density at radius 1 is 1.00 bits per heavy atom. The zero-order valence-electron chi connectivity index (χ0n) is 24.6. The van der Waals surface area contributed by atoms with Crippen LogP contribution in [-0.4, -0.2) is 51.5 Å². The minimum Gasteiger partial charge on any atom is -0.484 e. The summed E-state index contributed by atoms with van der Waals surface area (Å²) in [7, 11) is 0. The van der Waals surface area contributed by atoms with Gasteiger partial charge in [0.15, 0.2) is 17.6 Å². The van der Waals surface area contributed by atoms with Gasteiger partial charge in [-0.05, 0) is 63.1 Å². The maximum Gasteiger partial charge on any atom is 0.341 e. The number of carbonyl (C=O) groups is 3. The molecule has 2 aliphatic rings. The average Bonchev–Trinajstić information content (AvgIpc) is 3.51. The summed E-state index contributed by atoms with van der Waals surface area (Å²) < 4.78 is 13.0. The normalized spacial score (nSPS) is 15.3. The van der Waals surface area contributed by atoms with Gasteiger partial charge in [0.05, 0.1) is 24.5 Å². The molecular weight excluding hydrogens is 587 g/mol. The number of fused-ring (bicyclic) bond motifs is 1. The number of aryl methyl sites for hydroxylation is 1. The Hall–Kier alpha value is -3.38. The molecule has 5 rings (SSSR count). The summed E-state index contributed by atoms with van der Waals surface area (Å²) in [5.41, 5.74) is 1.54. The Labute approximate surface area is 260 Å². The number of hydrogen-bond acceptors (Lipinski definition) is 9. The van der Waals surface area contributed by atoms with Gasteiger partial charge in [-0.15, -0.1) is 21.5 Å². The van der Waals surface area contributed by atoms with Gasteiger partial charge >= 0.3 is 5.97 Å². The van der Waals surface area contributed by atoms with Crippen LogP contribution < -0.4 is 15.4 Å². The van der Waals surface area contributed by atoms with Gasteiger partial charge in [-0.3, -0.25) is 9.59 Å². The number of thiophene rings is 1. The zero-order valence-corrected chi connectivity index (χ0v) is 26.2. The number of anilines is 1. The molecule has 0 saturated heterocycles. The van der Waals surface area contributed by atoms with Gasteiger partial charge in [0.2, 0.25) is 5.91 Å². The SMILES string of the molecule is CCOC(=O)c1c(NC(=O)CSc2nnc(CNC(=O)COc3ccccc3)n2C2CCCCC2)sc2c1CCCCC2. The third-order valence-corrected chi connectivity index (χ3v) is 9.87. The number of carbonyl (C=O) groups excluding carboxylic acids is 3. The third-order valence-electron chi connectivity index (χ3n) is 7.72. The molecule has 0 radical (unpaired) electrons. The second-order valence-corrected chi connectivity index (χ2v) is 12.8. The highest BCUT2D eigenvalue weighted by molar-refractivity contribution is 7.99. The van der Waals surface area contributed by atoms with Gasteiger partial charge in [0.1, 0.15) is 10.8 Å². The number of thioether (sulfide) groups is 1. The molecule has 43 heavy (non-hydrogen) atoms. The van der Waals surface area contributed by atoms with E-state index in [9.17, 15) is 14.4 Å². The highest BCUT2D eigenvalue weighted by atomic mass is 32.2. The molecular formula is C31H39N5O5S2. The van der Waals surface area contributed by atoms with Crippen molar-refractivity contribution in [2.24, 2.45) is 0 Å². The molecule has 2 N–H and O–H groups in total. The van der Waals surface area contributed by atoms with E-state index in [2.05, 4.69) is 25.4 Å². The molecule has 1 saturated carbocycles. The number of hydrogen-bond donors (Lipinski definition) is 2. The van der Waals surface area contributed by atoms with Gasteiger partial charge in [0, 0.05) is 10.9 Å². The Morgan fingerprint density at radius 3 is 2.56 bits per heavy atom. The van der Waals surface area contributed by atoms with Crippen molar-refractivity contribution in [2.45, 2.75) is 88.9 Å². The van der Waals surface area contributed by atoms with Crippen LogP contribution in [0.2, 0.25) is 0 Å². The second-order valence-electron chi connectivity index (χ2n) is 10.8. The molecule has 0 atom stereocenters. The predicted octanol–water partition coefficient (Wildman–Crippen LogP) is 5.72. The smallest absolute Gasteiger partial charge is 0.341 e. The van der Waals surface area contributed by atoms with Crippen molar-refractivity contribution in [1.82, 2.24) is 20.1 Å². The molecule has 0 bridgehead atoms. The van der Waals surface area contributed by atoms with Gasteiger partial charge in [-0.1, -0.05) is 55.6 Å². The lowest BCUT2D eigenvalue weighted by molar-refractivity contribution is -0.123. The van der Waals surface area contributed by atoms with Crippen molar-refractivity contribution in [3.8, 4) is 5.75 Å². The number of ether oxygens (including phenoxy) is 2. The fourth-order valence-corrected chi connectivity index (χ4v) is 7.79. The minimum absolute atomic E-state index is 0.0940. The van der Waals surface area contributed by atoms with E-state index in [1.807, 2.05) is 18.2 Å². The van der Waals surface area contributed by atoms with E-state index in [-0.39, 0.29) is 49.3 Å². The maximum absolute atomic E-state index is 13.2. The quantitative estimate of drug-likeness (QED) is 0.149. The molecule has 2 aromatic heterocycles. The first-order valence-corrected chi connectivity index (χ1v) is 17.0. The number of esters is 1. The molecule has 10 nitrogen and oxygen atoms in total. The molecule has 2 amide bonds. The Morgan fingerprint density at radius 2 is 1.77 bits per heavy atom. The number of para-hydroxylation sites is 1. The summed E-state index contributed by atoms with van der Waals surface area (Å²) in [4.78, 5) is 39.7. The molecule has 0 unspecified atom stereocenters. The van der Waals surface area contributed by atoms with E-state index in [0.29, 0.717) is 27.3 Å². The van der Waals surface area contributed by atoms with Crippen LogP contribution in [0.4, 0.5) is 5.00 Å². The lowest BCUT2D eigenvalue weighted by Crippen LogP contribution is -2.30. The second kappa shape index (κ2) is 15.4. The standard InChI is InChI=1S/C31H39N5O5S2/c1-2-40-30(39)28-23-16-10-5-11-17-24(23)43-29(28)33-27(38)20-42-31-35-34-25(36(31)21-12-6-3-7-13-21)18-32-26(37)19-41-22-14-8-4-9-15-22/h4,8-9,14-15,21H,2-3,5-7,10-13,16-20H2,1H3,(H,32,37)(H,33,38). The predicted molar refractivity (Wildman–Crippen MR) is 167 cm³/mol. The van der Waals surface area contributed by atoms with E-state index in [1.54, 1.807) is 19.1 Å². The van der Waals surface area contributed by atoms with Crippen molar-refractivity contribution in [3.63, 3.8) is 0 Å². The molecule has 12 heteroatoms. The first-order valence-electron chi connectivity index (χ1n) is 15.2. The van der Waals surface area contributed by atoms with Crippen LogP contribution in [0.5, 0.6) is 5.75 Å². The van der Waals surface area contributed by atoms with E-state index in [0.717, 1.165) is 63.4 Å². The molecule has 2 heterocycles. The van der Waals surface area contributed by atoms with Crippen LogP contribution in [0.1, 0.15) is 91.0 Å². The monoisotopic (exact) mass is 625 g/mol. The van der Waals surface area contributed by atoms with Gasteiger partial charge in [-0.2, -0.15) is 0 Å². The molecule has 230 valence electrons. The van der Waals surface area contributed by atoms with Crippen LogP contribution in [0.25, 0.3) is 0 Å². The molecule has 0 aliphatic heterocycles. The Bertz CT molecular complexity index is 1400. The van der Waals surface area contributed by atoms with Crippen LogP contribution >= 0.6 is 23.1 Å². The summed E-state index contributed by atoms with van der Waals surface area (Å²) in [5.74, 6) is 0.581. The number of benzene rings is 1. The number of nitrogens with zero attached hydrogens (tertiary/aromatic N) is 3. The summed E-state index contributed by atoms with van der Waals surface area (Å²) in [5, 5.41) is 15.9. The van der Waals surface area contributed by atoms with Crippen molar-refractivity contribution >= 4 is 45.9 Å². The first-order chi connectivity index (χ1) is 21.0. The van der Waals surface area contributed by atoms with Crippen LogP contribution in [0.15, 0.2) is 35.5 Å². The van der Waals surface area contributed by atoms with Crippen molar-refractivity contribution in [3.05, 3.63) is 52.2 Å². The summed E-state index contributed by atoms with van der Waals surface area (Å²) in [6.07, 6.45) is 10.4. The number of aromatic nitrogens is 3. The lowest BCUT2D eigenvalue weighted by atomic mass is 9.95. The highest BCUT2D eigenvalue weighted by Crippen LogP contribution is 2.38. The summed E-state index contributed by atoms with van der Waals surface area (Å²) >= 11 is 2.82. The molecule has 1 aromatic carbocycles. The first kappa shape index (κ1) is 31.1. The fourth-order valence-electron chi connectivity index (χ4n) is 5.67. The average molecular weight is 626 g/mol. The molecule has 2 aliphatic carbocycles. The van der Waals surface area contributed by atoms with E-state index < -0.39 is 0 Å². The van der Waals surface area contributed by atoms with Crippen LogP contribution in [0, 0.1) is 0 Å². The Kier molecular flexibility index (Phi) is 11.1. The van der Waals surface area contributed by atoms with Gasteiger partial charge in [0.25, 0.3) is 5.91 Å². The fraction of sp³-hybridized carbons (Fsp3) is 0.516. The third kappa shape index (κ3) is 8.17. The van der Waals surface area contributed by atoms with Crippen molar-refractivity contribution in [1.29, 1.82) is 0 Å². The van der Waals surface area contributed by atoms with E-state index in [1.165, 1.54) is 34.4 Å². The summed E-state index contributed by atoms with van der Waals surface area (Å²) in [6, 6.07) is 9.42. The van der Waals surface area contributed by atoms with Crippen molar-refractivity contribution in [2.75, 3.05) is 24.3 Å².